The largest absolute Gasteiger partial charge is 0.319 e. The molecule has 0 heterocycles. The van der Waals surface area contributed by atoms with E-state index in [9.17, 15) is 4.79 Å². The lowest BCUT2D eigenvalue weighted by atomic mass is 9.87. The molecule has 0 radical (unpaired) electrons. The molecule has 60 valence electrons. The van der Waals surface area contributed by atoms with Gasteiger partial charge >= 0.3 is 0 Å². The van der Waals surface area contributed by atoms with Gasteiger partial charge in [-0.05, 0) is 5.41 Å². The molecule has 0 fully saturated rings. The first kappa shape index (κ1) is 9.39. The molecule has 0 saturated heterocycles. The SMILES string of the molecule is CC(C)(C)C(N)C(=O)NN. The van der Waals surface area contributed by atoms with Crippen molar-refractivity contribution in [2.24, 2.45) is 17.0 Å². The van der Waals surface area contributed by atoms with Crippen molar-refractivity contribution >= 4 is 5.91 Å². The van der Waals surface area contributed by atoms with Crippen molar-refractivity contribution in [3.8, 4) is 0 Å². The van der Waals surface area contributed by atoms with Crippen LogP contribution in [-0.2, 0) is 4.79 Å². The van der Waals surface area contributed by atoms with Crippen molar-refractivity contribution in [3.05, 3.63) is 0 Å². The second-order valence-corrected chi connectivity index (χ2v) is 3.35. The van der Waals surface area contributed by atoms with E-state index >= 15 is 0 Å². The summed E-state index contributed by atoms with van der Waals surface area (Å²) in [7, 11) is 0. The highest BCUT2D eigenvalue weighted by molar-refractivity contribution is 5.81. The average molecular weight is 145 g/mol. The van der Waals surface area contributed by atoms with Crippen LogP contribution in [-0.4, -0.2) is 11.9 Å². The predicted octanol–water partition coefficient (Wildman–Crippen LogP) is -0.650. The lowest BCUT2D eigenvalue weighted by molar-refractivity contribution is -0.124. The molecule has 0 aliphatic heterocycles. The maximum absolute atomic E-state index is 10.8. The van der Waals surface area contributed by atoms with Gasteiger partial charge in [0.05, 0.1) is 6.04 Å². The zero-order chi connectivity index (χ0) is 8.36. The Hall–Kier alpha value is -0.610. The first-order valence-corrected chi connectivity index (χ1v) is 3.15. The average Bonchev–Trinajstić information content (AvgIpc) is 1.83. The molecule has 0 aromatic carbocycles. The molecule has 0 rings (SSSR count). The minimum Gasteiger partial charge on any atom is -0.319 e. The van der Waals surface area contributed by atoms with Crippen molar-refractivity contribution < 1.29 is 4.79 Å². The van der Waals surface area contributed by atoms with Gasteiger partial charge in [-0.1, -0.05) is 20.8 Å². The van der Waals surface area contributed by atoms with Gasteiger partial charge in [-0.15, -0.1) is 0 Å². The van der Waals surface area contributed by atoms with Crippen molar-refractivity contribution in [1.29, 1.82) is 0 Å². The fourth-order valence-electron chi connectivity index (χ4n) is 0.483. The van der Waals surface area contributed by atoms with Crippen LogP contribution in [0.4, 0.5) is 0 Å². The quantitative estimate of drug-likeness (QED) is 0.260. The minimum atomic E-state index is -0.544. The van der Waals surface area contributed by atoms with Gasteiger partial charge in [0.1, 0.15) is 0 Å². The van der Waals surface area contributed by atoms with Crippen LogP contribution in [0.3, 0.4) is 0 Å². The maximum Gasteiger partial charge on any atom is 0.251 e. The van der Waals surface area contributed by atoms with Crippen molar-refractivity contribution in [2.45, 2.75) is 26.8 Å². The highest BCUT2D eigenvalue weighted by Crippen LogP contribution is 2.16. The zero-order valence-corrected chi connectivity index (χ0v) is 6.64. The highest BCUT2D eigenvalue weighted by Gasteiger charge is 2.26. The molecule has 0 aromatic rings. The van der Waals surface area contributed by atoms with E-state index in [1.165, 1.54) is 0 Å². The highest BCUT2D eigenvalue weighted by atomic mass is 16.2. The maximum atomic E-state index is 10.8. The standard InChI is InChI=1S/C6H15N3O/c1-6(2,3)4(7)5(10)9-8/h4H,7-8H2,1-3H3,(H,9,10). The van der Waals surface area contributed by atoms with Crippen molar-refractivity contribution in [2.75, 3.05) is 0 Å². The molecule has 0 aliphatic rings. The summed E-state index contributed by atoms with van der Waals surface area (Å²) in [5, 5.41) is 0. The molecule has 4 heteroatoms. The molecule has 1 atom stereocenters. The Labute approximate surface area is 60.9 Å². The molecule has 1 unspecified atom stereocenters. The first-order valence-electron chi connectivity index (χ1n) is 3.15. The Morgan fingerprint density at radius 3 is 2.00 bits per heavy atom. The number of carbonyl (C=O) groups excluding carboxylic acids is 1. The van der Waals surface area contributed by atoms with Gasteiger partial charge in [0.15, 0.2) is 0 Å². The Bertz CT molecular complexity index is 127. The van der Waals surface area contributed by atoms with Crippen LogP contribution < -0.4 is 17.0 Å². The van der Waals surface area contributed by atoms with Crippen molar-refractivity contribution in [1.82, 2.24) is 5.43 Å². The number of nitrogens with two attached hydrogens (primary N) is 2. The summed E-state index contributed by atoms with van der Waals surface area (Å²) in [4.78, 5) is 10.8. The van der Waals surface area contributed by atoms with E-state index in [2.05, 4.69) is 0 Å². The Balaban J connectivity index is 4.08. The monoisotopic (exact) mass is 145 g/mol. The molecule has 5 N–H and O–H groups in total. The van der Waals surface area contributed by atoms with Crippen LogP contribution in [0.25, 0.3) is 0 Å². The topological polar surface area (TPSA) is 81.1 Å². The normalized spacial score (nSPS) is 14.5. The smallest absolute Gasteiger partial charge is 0.251 e. The number of hydrogen-bond donors (Lipinski definition) is 3. The minimum absolute atomic E-state index is 0.233. The molecular weight excluding hydrogens is 130 g/mol. The second-order valence-electron chi connectivity index (χ2n) is 3.35. The molecule has 0 aromatic heterocycles. The van der Waals surface area contributed by atoms with Gasteiger partial charge in [0.2, 0.25) is 0 Å². The van der Waals surface area contributed by atoms with E-state index in [1.807, 2.05) is 26.2 Å². The van der Waals surface area contributed by atoms with Crippen LogP contribution in [0.15, 0.2) is 0 Å². The third-order valence-corrected chi connectivity index (χ3v) is 1.36. The predicted molar refractivity (Wildman–Crippen MR) is 39.8 cm³/mol. The molecule has 1 amide bonds. The van der Waals surface area contributed by atoms with E-state index in [0.29, 0.717) is 0 Å². The van der Waals surface area contributed by atoms with Crippen LogP contribution in [0, 0.1) is 5.41 Å². The summed E-state index contributed by atoms with van der Waals surface area (Å²) in [5.74, 6) is 4.56. The van der Waals surface area contributed by atoms with Gasteiger partial charge < -0.3 is 5.73 Å². The molecule has 10 heavy (non-hydrogen) atoms. The number of hydrazine groups is 1. The summed E-state index contributed by atoms with van der Waals surface area (Å²) in [6.07, 6.45) is 0. The van der Waals surface area contributed by atoms with E-state index < -0.39 is 6.04 Å². The number of nitrogens with one attached hydrogen (secondary N) is 1. The first-order chi connectivity index (χ1) is 4.39. The van der Waals surface area contributed by atoms with E-state index in [1.54, 1.807) is 0 Å². The summed E-state index contributed by atoms with van der Waals surface area (Å²) >= 11 is 0. The van der Waals surface area contributed by atoms with E-state index in [0.717, 1.165) is 0 Å². The van der Waals surface area contributed by atoms with Crippen LogP contribution in [0.2, 0.25) is 0 Å². The van der Waals surface area contributed by atoms with Crippen LogP contribution >= 0.6 is 0 Å². The third-order valence-electron chi connectivity index (χ3n) is 1.36. The summed E-state index contributed by atoms with van der Waals surface area (Å²) < 4.78 is 0. The lowest BCUT2D eigenvalue weighted by Gasteiger charge is -2.24. The fraction of sp³-hybridized carbons (Fsp3) is 0.833. The van der Waals surface area contributed by atoms with Crippen LogP contribution in [0.5, 0.6) is 0 Å². The molecule has 0 aliphatic carbocycles. The summed E-state index contributed by atoms with van der Waals surface area (Å²) in [6.45, 7) is 5.65. The number of carbonyl (C=O) groups is 1. The summed E-state index contributed by atoms with van der Waals surface area (Å²) in [6, 6.07) is -0.544. The van der Waals surface area contributed by atoms with Gasteiger partial charge in [-0.3, -0.25) is 10.2 Å². The molecule has 0 saturated carbocycles. The Morgan fingerprint density at radius 2 is 1.90 bits per heavy atom. The van der Waals surface area contributed by atoms with Gasteiger partial charge in [-0.25, -0.2) is 5.84 Å². The third kappa shape index (κ3) is 2.33. The fourth-order valence-corrected chi connectivity index (χ4v) is 0.483. The van der Waals surface area contributed by atoms with Gasteiger partial charge in [0, 0.05) is 0 Å². The van der Waals surface area contributed by atoms with E-state index in [-0.39, 0.29) is 11.3 Å². The molecule has 0 spiro atoms. The Kier molecular flexibility index (Phi) is 2.80. The van der Waals surface area contributed by atoms with Crippen LogP contribution in [0.1, 0.15) is 20.8 Å². The zero-order valence-electron chi connectivity index (χ0n) is 6.64. The number of rotatable bonds is 1. The Morgan fingerprint density at radius 1 is 1.50 bits per heavy atom. The number of amides is 1. The van der Waals surface area contributed by atoms with Crippen molar-refractivity contribution in [3.63, 3.8) is 0 Å². The van der Waals surface area contributed by atoms with E-state index in [4.69, 9.17) is 11.6 Å². The molecule has 0 bridgehead atoms. The molecule has 4 nitrogen and oxygen atoms in total. The summed E-state index contributed by atoms with van der Waals surface area (Å²) in [5.41, 5.74) is 7.29. The molecular formula is C6H15N3O. The number of hydrogen-bond acceptors (Lipinski definition) is 3. The van der Waals surface area contributed by atoms with Gasteiger partial charge in [0.25, 0.3) is 5.91 Å². The lowest BCUT2D eigenvalue weighted by Crippen LogP contribution is -2.50. The second kappa shape index (κ2) is 2.98. The van der Waals surface area contributed by atoms with Gasteiger partial charge in [-0.2, -0.15) is 0 Å².